The van der Waals surface area contributed by atoms with Crippen molar-refractivity contribution in [1.82, 2.24) is 15.0 Å². The molecule has 0 unspecified atom stereocenters. The molecular weight excluding hydrogens is 695 g/mol. The summed E-state index contributed by atoms with van der Waals surface area (Å²) in [5.41, 5.74) is 9.92. The number of rotatable bonds is 8. The summed E-state index contributed by atoms with van der Waals surface area (Å²) in [6.07, 6.45) is 0. The monoisotopic (exact) mass is 739 g/mol. The maximum Gasteiger partial charge on any atom is 0.164 e. The molecule has 0 atom stereocenters. The summed E-state index contributed by atoms with van der Waals surface area (Å²) in [5.74, 6) is 1.69. The van der Waals surface area contributed by atoms with E-state index in [1.54, 1.807) is 0 Å². The average molecular weight is 740 g/mol. The smallest absolute Gasteiger partial charge is 0.164 e. The lowest BCUT2D eigenvalue weighted by atomic mass is 9.97. The second kappa shape index (κ2) is 14.8. The molecule has 0 radical (unpaired) electrons. The molecule has 0 aliphatic heterocycles. The van der Waals surface area contributed by atoms with Crippen LogP contribution in [0.2, 0.25) is 19.6 Å². The Balaban J connectivity index is 1.08. The molecule has 268 valence electrons. The number of nitrogens with zero attached hydrogens (tertiary/aromatic N) is 3. The molecule has 0 saturated carbocycles. The Morgan fingerprint density at radius 1 is 0.357 bits per heavy atom. The van der Waals surface area contributed by atoms with E-state index in [4.69, 9.17) is 20.4 Å². The molecule has 1 heterocycles. The molecule has 56 heavy (non-hydrogen) atoms. The van der Waals surface area contributed by atoms with Gasteiger partial charge in [0, 0.05) is 16.7 Å². The molecule has 9 aromatic rings. The van der Waals surface area contributed by atoms with E-state index in [0.717, 1.165) is 44.5 Å². The Kier molecular flexibility index (Phi) is 8.09. The van der Waals surface area contributed by atoms with Gasteiger partial charge in [-0.3, -0.25) is 0 Å². The Bertz CT molecular complexity index is 3000. The highest BCUT2D eigenvalue weighted by molar-refractivity contribution is 6.88. The van der Waals surface area contributed by atoms with Gasteiger partial charge >= 0.3 is 0 Å². The van der Waals surface area contributed by atoms with Crippen molar-refractivity contribution in [1.29, 1.82) is 0 Å². The highest BCUT2D eigenvalue weighted by Crippen LogP contribution is 2.33. The minimum atomic E-state index is -2.12. The van der Waals surface area contributed by atoms with Crippen LogP contribution in [0.3, 0.4) is 0 Å². The lowest BCUT2D eigenvalue weighted by Crippen LogP contribution is -2.37. The van der Waals surface area contributed by atoms with Crippen LogP contribution in [0.25, 0.3) is 89.4 Å². The molecule has 0 N–H and O–H groups in total. The number of aromatic nitrogens is 3. The van der Waals surface area contributed by atoms with Gasteiger partial charge in [0.2, 0.25) is 0 Å². The van der Waals surface area contributed by atoms with E-state index in [1.807, 2.05) is 86.4 Å². The molecule has 0 spiro atoms. The first-order valence-corrected chi connectivity index (χ1v) is 22.4. The summed E-state index contributed by atoms with van der Waals surface area (Å²) in [4.78, 5) is 15.1. The van der Waals surface area contributed by atoms with Gasteiger partial charge in [-0.25, -0.2) is 15.0 Å². The van der Waals surface area contributed by atoms with Crippen molar-refractivity contribution < 1.29 is 5.48 Å². The molecule has 0 saturated heterocycles. The van der Waals surface area contributed by atoms with Crippen LogP contribution in [0.1, 0.15) is 5.48 Å². The predicted octanol–water partition coefficient (Wildman–Crippen LogP) is 13.2. The van der Waals surface area contributed by atoms with Crippen LogP contribution in [0.4, 0.5) is 0 Å². The lowest BCUT2D eigenvalue weighted by molar-refractivity contribution is 1.07. The number of hydrogen-bond acceptors (Lipinski definition) is 3. The van der Waals surface area contributed by atoms with Crippen LogP contribution in [-0.2, 0) is 0 Å². The van der Waals surface area contributed by atoms with Gasteiger partial charge in [-0.1, -0.05) is 213 Å². The number of benzene rings is 8. The van der Waals surface area contributed by atoms with Gasteiger partial charge in [-0.05, 0) is 61.3 Å². The quantitative estimate of drug-likeness (QED) is 0.146. The summed E-state index contributed by atoms with van der Waals surface area (Å²) in [6, 6.07) is 57.7. The van der Waals surface area contributed by atoms with E-state index in [-0.39, 0.29) is 24.2 Å². The molecule has 9 rings (SSSR count). The zero-order valence-corrected chi connectivity index (χ0v) is 32.5. The van der Waals surface area contributed by atoms with Crippen molar-refractivity contribution in [2.24, 2.45) is 0 Å². The molecule has 0 aliphatic carbocycles. The van der Waals surface area contributed by atoms with Crippen molar-refractivity contribution in [3.8, 4) is 78.7 Å². The Labute approximate surface area is 335 Å². The first kappa shape index (κ1) is 30.6. The minimum absolute atomic E-state index is 0.000253. The third kappa shape index (κ3) is 7.23. The first-order chi connectivity index (χ1) is 29.0. The third-order valence-corrected chi connectivity index (χ3v) is 11.9. The summed E-state index contributed by atoms with van der Waals surface area (Å²) in [5, 5.41) is 2.96. The minimum Gasteiger partial charge on any atom is -0.208 e. The van der Waals surface area contributed by atoms with E-state index in [1.165, 1.54) is 16.3 Å². The number of hydrogen-bond donors (Lipinski definition) is 0. The topological polar surface area (TPSA) is 38.7 Å². The highest BCUT2D eigenvalue weighted by Gasteiger charge is 2.17. The van der Waals surface area contributed by atoms with Crippen molar-refractivity contribution in [3.05, 3.63) is 194 Å². The second-order valence-electron chi connectivity index (χ2n) is 15.0. The Hall–Kier alpha value is -6.75. The van der Waals surface area contributed by atoms with Crippen LogP contribution in [0, 0.1) is 0 Å². The van der Waals surface area contributed by atoms with Gasteiger partial charge in [-0.15, -0.1) is 0 Å². The fourth-order valence-corrected chi connectivity index (χ4v) is 7.85. The van der Waals surface area contributed by atoms with Crippen LogP contribution in [0.15, 0.2) is 194 Å². The van der Waals surface area contributed by atoms with Gasteiger partial charge in [0.1, 0.15) is 0 Å². The van der Waals surface area contributed by atoms with Crippen molar-refractivity contribution in [3.63, 3.8) is 0 Å². The van der Waals surface area contributed by atoms with E-state index >= 15 is 0 Å². The molecule has 0 aliphatic rings. The van der Waals surface area contributed by atoms with Gasteiger partial charge in [-0.2, -0.15) is 0 Å². The third-order valence-electron chi connectivity index (χ3n) is 10.1. The maximum atomic E-state index is 8.89. The molecule has 1 aromatic heterocycles. The fourth-order valence-electron chi connectivity index (χ4n) is 6.98. The fraction of sp³-hybridized carbons (Fsp3) is 0.0577. The molecule has 0 bridgehead atoms. The van der Waals surface area contributed by atoms with Crippen molar-refractivity contribution in [2.45, 2.75) is 19.6 Å². The zero-order chi connectivity index (χ0) is 41.5. The largest absolute Gasteiger partial charge is 0.208 e. The lowest BCUT2D eigenvalue weighted by Gasteiger charge is -2.17. The molecule has 0 fully saturated rings. The summed E-state index contributed by atoms with van der Waals surface area (Å²) in [7, 11) is -2.12. The van der Waals surface area contributed by atoms with Gasteiger partial charge < -0.3 is 0 Å². The number of fused-ring (bicyclic) bond motifs is 1. The van der Waals surface area contributed by atoms with Crippen molar-refractivity contribution in [2.75, 3.05) is 0 Å². The molecule has 3 nitrogen and oxygen atoms in total. The van der Waals surface area contributed by atoms with E-state index in [9.17, 15) is 0 Å². The maximum absolute atomic E-state index is 8.89. The highest BCUT2D eigenvalue weighted by atomic mass is 28.3. The standard InChI is InChI=1S/C52H41N3Si/c1-56(2,3)47-33-31-39(32-34-47)46-16-9-15-45(35-46)38-21-27-43(28-22-38)51-53-50(42-25-19-37(20-26-42)36-11-5-4-6-12-36)54-52(55-51)44-29-23-41(24-30-44)49-18-10-14-40-13-7-8-17-48(40)49/h4-35H,1-3H3/i31D,32D,33D,34D. The van der Waals surface area contributed by atoms with Crippen molar-refractivity contribution >= 4 is 24.0 Å². The SMILES string of the molecule is [2H]c1c([2H])c([Si](C)(C)C)c([2H])c([2H])c1-c1cccc(-c2ccc(-c3nc(-c4ccc(-c5ccccc5)cc4)nc(-c4ccc(-c5cccc6ccccc56)cc4)n3)cc2)c1. The van der Waals surface area contributed by atoms with Crippen LogP contribution in [0.5, 0.6) is 0 Å². The van der Waals surface area contributed by atoms with Crippen LogP contribution >= 0.6 is 0 Å². The van der Waals surface area contributed by atoms with Gasteiger partial charge in [0.15, 0.2) is 17.5 Å². The summed E-state index contributed by atoms with van der Waals surface area (Å²) >= 11 is 0. The summed E-state index contributed by atoms with van der Waals surface area (Å²) < 4.78 is 35.4. The normalized spacial score (nSPS) is 12.5. The van der Waals surface area contributed by atoms with Gasteiger partial charge in [0.25, 0.3) is 0 Å². The molecule has 8 aromatic carbocycles. The first-order valence-electron chi connectivity index (χ1n) is 20.9. The van der Waals surface area contributed by atoms with Gasteiger partial charge in [0.05, 0.1) is 13.6 Å². The van der Waals surface area contributed by atoms with E-state index in [0.29, 0.717) is 33.8 Å². The molecular formula is C52H41N3Si. The predicted molar refractivity (Wildman–Crippen MR) is 238 cm³/mol. The van der Waals surface area contributed by atoms with Crippen LogP contribution < -0.4 is 5.19 Å². The average Bonchev–Trinajstić information content (AvgIpc) is 3.28. The molecule has 4 heteroatoms. The summed E-state index contributed by atoms with van der Waals surface area (Å²) in [6.45, 7) is 6.15. The van der Waals surface area contributed by atoms with Crippen LogP contribution in [-0.4, -0.2) is 23.0 Å². The van der Waals surface area contributed by atoms with E-state index in [2.05, 4.69) is 103 Å². The zero-order valence-electron chi connectivity index (χ0n) is 35.5. The second-order valence-corrected chi connectivity index (χ2v) is 20.0. The molecule has 0 amide bonds. The Morgan fingerprint density at radius 3 is 1.34 bits per heavy atom. The van der Waals surface area contributed by atoms with E-state index < -0.39 is 8.07 Å². The Morgan fingerprint density at radius 2 is 0.768 bits per heavy atom.